The summed E-state index contributed by atoms with van der Waals surface area (Å²) in [5, 5.41) is 2.57. The van der Waals surface area contributed by atoms with Crippen molar-refractivity contribution in [1.29, 1.82) is 0 Å². The number of allylic oxidation sites excluding steroid dienone is 1. The number of carbonyl (C=O) groups excluding carboxylic acids is 1. The van der Waals surface area contributed by atoms with E-state index in [9.17, 15) is 9.18 Å². The molecule has 1 rings (SSSR count). The summed E-state index contributed by atoms with van der Waals surface area (Å²) < 4.78 is 13.3. The predicted octanol–water partition coefficient (Wildman–Crippen LogP) is 2.32. The van der Waals surface area contributed by atoms with Gasteiger partial charge in [0.1, 0.15) is 5.82 Å². The lowest BCUT2D eigenvalue weighted by molar-refractivity contribution is -0.117. The molecule has 0 aromatic heterocycles. The zero-order chi connectivity index (χ0) is 10.6. The third-order valence-electron chi connectivity index (χ3n) is 1.76. The number of carbonyl (C=O) groups is 1. The van der Waals surface area contributed by atoms with E-state index in [1.54, 1.807) is 31.2 Å². The van der Waals surface area contributed by atoms with E-state index in [0.717, 1.165) is 0 Å². The fourth-order valence-electron chi connectivity index (χ4n) is 1.16. The molecule has 0 unspecified atom stereocenters. The highest BCUT2D eigenvalue weighted by atomic mass is 19.1. The molecule has 0 aliphatic heterocycles. The van der Waals surface area contributed by atoms with Crippen LogP contribution in [0.4, 0.5) is 4.39 Å². The molecular weight excluding hydrogens is 181 g/mol. The molecule has 1 amide bonds. The van der Waals surface area contributed by atoms with E-state index in [0.29, 0.717) is 11.3 Å². The van der Waals surface area contributed by atoms with Crippen molar-refractivity contribution < 1.29 is 9.18 Å². The van der Waals surface area contributed by atoms with Gasteiger partial charge in [0.15, 0.2) is 0 Å². The summed E-state index contributed by atoms with van der Waals surface area (Å²) in [5.74, 6) is -0.546. The average Bonchev–Trinajstić information content (AvgIpc) is 2.15. The third kappa shape index (κ3) is 2.42. The molecule has 1 N–H and O–H groups in total. The second kappa shape index (κ2) is 4.56. The Morgan fingerprint density at radius 1 is 1.43 bits per heavy atom. The molecule has 0 heterocycles. The Kier molecular flexibility index (Phi) is 3.40. The maximum absolute atomic E-state index is 13.3. The topological polar surface area (TPSA) is 29.1 Å². The highest BCUT2D eigenvalue weighted by Gasteiger charge is 2.06. The Labute approximate surface area is 82.4 Å². The normalized spacial score (nSPS) is 11.2. The number of benzene rings is 1. The Hall–Kier alpha value is -1.64. The Morgan fingerprint density at radius 2 is 2.07 bits per heavy atom. The molecule has 0 atom stereocenters. The summed E-state index contributed by atoms with van der Waals surface area (Å²) in [6, 6.07) is 6.32. The first-order valence-electron chi connectivity index (χ1n) is 4.34. The van der Waals surface area contributed by atoms with Gasteiger partial charge in [0.05, 0.1) is 0 Å². The van der Waals surface area contributed by atoms with Gasteiger partial charge in [-0.2, -0.15) is 0 Å². The zero-order valence-corrected chi connectivity index (χ0v) is 8.17. The van der Waals surface area contributed by atoms with E-state index < -0.39 is 0 Å². The van der Waals surface area contributed by atoms with Crippen molar-refractivity contribution in [3.63, 3.8) is 0 Å². The molecule has 1 aromatic carbocycles. The number of nitrogens with one attached hydrogen (secondary N) is 1. The number of halogens is 1. The van der Waals surface area contributed by atoms with Crippen LogP contribution in [-0.2, 0) is 4.79 Å². The van der Waals surface area contributed by atoms with E-state index in [1.165, 1.54) is 13.0 Å². The van der Waals surface area contributed by atoms with Crippen molar-refractivity contribution in [1.82, 2.24) is 5.32 Å². The molecule has 14 heavy (non-hydrogen) atoms. The van der Waals surface area contributed by atoms with Crippen molar-refractivity contribution in [2.45, 2.75) is 13.8 Å². The lowest BCUT2D eigenvalue weighted by atomic mass is 10.1. The molecule has 0 aliphatic carbocycles. The second-order valence-electron chi connectivity index (χ2n) is 2.86. The largest absolute Gasteiger partial charge is 0.326 e. The molecule has 0 fully saturated rings. The molecular formula is C11H12FNO. The number of hydrogen-bond donors (Lipinski definition) is 1. The Morgan fingerprint density at radius 3 is 2.57 bits per heavy atom. The monoisotopic (exact) mass is 193 g/mol. The van der Waals surface area contributed by atoms with Gasteiger partial charge in [-0.25, -0.2) is 4.39 Å². The van der Waals surface area contributed by atoms with Gasteiger partial charge in [-0.05, 0) is 19.1 Å². The predicted molar refractivity (Wildman–Crippen MR) is 53.9 cm³/mol. The van der Waals surface area contributed by atoms with Crippen LogP contribution < -0.4 is 5.32 Å². The fourth-order valence-corrected chi connectivity index (χ4v) is 1.16. The van der Waals surface area contributed by atoms with Crippen molar-refractivity contribution >= 4 is 11.6 Å². The quantitative estimate of drug-likeness (QED) is 0.767. The molecule has 74 valence electrons. The molecule has 0 spiro atoms. The maximum atomic E-state index is 13.3. The molecule has 3 heteroatoms. The smallest absolute Gasteiger partial charge is 0.221 e. The lowest BCUT2D eigenvalue weighted by Gasteiger charge is -2.08. The average molecular weight is 193 g/mol. The van der Waals surface area contributed by atoms with Gasteiger partial charge in [-0.3, -0.25) is 4.79 Å². The van der Waals surface area contributed by atoms with Crippen molar-refractivity contribution in [3.8, 4) is 0 Å². The summed E-state index contributed by atoms with van der Waals surface area (Å²) >= 11 is 0. The summed E-state index contributed by atoms with van der Waals surface area (Å²) in [6.07, 6.45) is 1.67. The van der Waals surface area contributed by atoms with Crippen LogP contribution in [0.2, 0.25) is 0 Å². The zero-order valence-electron chi connectivity index (χ0n) is 8.17. The third-order valence-corrected chi connectivity index (χ3v) is 1.76. The molecule has 0 radical (unpaired) electrons. The highest BCUT2D eigenvalue weighted by Crippen LogP contribution is 2.15. The Bertz CT molecular complexity index is 371. The van der Waals surface area contributed by atoms with E-state index >= 15 is 0 Å². The summed E-state index contributed by atoms with van der Waals surface area (Å²) in [6.45, 7) is 3.14. The van der Waals surface area contributed by atoms with Crippen LogP contribution in [0.25, 0.3) is 5.70 Å². The first kappa shape index (κ1) is 10.4. The molecule has 1 aromatic rings. The van der Waals surface area contributed by atoms with Crippen LogP contribution in [0, 0.1) is 5.82 Å². The van der Waals surface area contributed by atoms with Crippen LogP contribution in [0.5, 0.6) is 0 Å². The van der Waals surface area contributed by atoms with Crippen molar-refractivity contribution in [2.75, 3.05) is 0 Å². The van der Waals surface area contributed by atoms with Gasteiger partial charge in [0, 0.05) is 18.2 Å². The Balaban J connectivity index is 3.02. The minimum absolute atomic E-state index is 0.207. The molecule has 0 saturated carbocycles. The second-order valence-corrected chi connectivity index (χ2v) is 2.86. The van der Waals surface area contributed by atoms with Gasteiger partial charge in [0.25, 0.3) is 0 Å². The molecule has 0 saturated heterocycles. The SMILES string of the molecule is C/C=C(\NC(C)=O)c1ccccc1F. The lowest BCUT2D eigenvalue weighted by Crippen LogP contribution is -2.18. The number of hydrogen-bond acceptors (Lipinski definition) is 1. The number of rotatable bonds is 2. The van der Waals surface area contributed by atoms with E-state index in [2.05, 4.69) is 5.32 Å². The fraction of sp³-hybridized carbons (Fsp3) is 0.182. The van der Waals surface area contributed by atoms with E-state index in [1.807, 2.05) is 0 Å². The van der Waals surface area contributed by atoms with Crippen molar-refractivity contribution in [3.05, 3.63) is 41.7 Å². The molecule has 2 nitrogen and oxygen atoms in total. The minimum Gasteiger partial charge on any atom is -0.326 e. The van der Waals surface area contributed by atoms with Crippen LogP contribution in [0.3, 0.4) is 0 Å². The standard InChI is InChI=1S/C11H12FNO/c1-3-11(13-8(2)14)9-6-4-5-7-10(9)12/h3-7H,1-2H3,(H,13,14)/b11-3-. The molecule has 0 aliphatic rings. The summed E-state index contributed by atoms with van der Waals surface area (Å²) in [4.78, 5) is 10.8. The van der Waals surface area contributed by atoms with Crippen LogP contribution >= 0.6 is 0 Å². The number of amides is 1. The highest BCUT2D eigenvalue weighted by molar-refractivity contribution is 5.84. The van der Waals surface area contributed by atoms with Crippen LogP contribution in [0.1, 0.15) is 19.4 Å². The summed E-state index contributed by atoms with van der Waals surface area (Å²) in [5.41, 5.74) is 0.904. The van der Waals surface area contributed by atoms with Gasteiger partial charge in [-0.15, -0.1) is 0 Å². The molecule has 0 bridgehead atoms. The summed E-state index contributed by atoms with van der Waals surface area (Å²) in [7, 11) is 0. The van der Waals surface area contributed by atoms with E-state index in [-0.39, 0.29) is 11.7 Å². The van der Waals surface area contributed by atoms with Gasteiger partial charge in [-0.1, -0.05) is 18.2 Å². The first-order chi connectivity index (χ1) is 6.65. The van der Waals surface area contributed by atoms with Gasteiger partial charge in [0.2, 0.25) is 5.91 Å². The van der Waals surface area contributed by atoms with Gasteiger partial charge < -0.3 is 5.32 Å². The maximum Gasteiger partial charge on any atom is 0.221 e. The van der Waals surface area contributed by atoms with Crippen molar-refractivity contribution in [2.24, 2.45) is 0 Å². The van der Waals surface area contributed by atoms with E-state index in [4.69, 9.17) is 0 Å². The van der Waals surface area contributed by atoms with Crippen LogP contribution in [0.15, 0.2) is 30.3 Å². The van der Waals surface area contributed by atoms with Crippen LogP contribution in [-0.4, -0.2) is 5.91 Å². The minimum atomic E-state index is -0.339. The van der Waals surface area contributed by atoms with Gasteiger partial charge >= 0.3 is 0 Å². The first-order valence-corrected chi connectivity index (χ1v) is 4.34.